The maximum absolute atomic E-state index is 14.4. The van der Waals surface area contributed by atoms with Gasteiger partial charge in [-0.2, -0.15) is 0 Å². The predicted octanol–water partition coefficient (Wildman–Crippen LogP) is 2.66. The summed E-state index contributed by atoms with van der Waals surface area (Å²) in [4.78, 5) is 31.2. The number of nitrogens with zero attached hydrogens (tertiary/aromatic N) is 2. The van der Waals surface area contributed by atoms with Gasteiger partial charge in [0.25, 0.3) is 5.91 Å². The zero-order valence-corrected chi connectivity index (χ0v) is 13.7. The zero-order valence-electron chi connectivity index (χ0n) is 13.7. The molecule has 0 bridgehead atoms. The average molecular weight is 342 g/mol. The maximum atomic E-state index is 14.4. The molecular formula is C18H19FN4O2. The molecule has 1 aromatic carbocycles. The molecule has 2 N–H and O–H groups in total. The first-order valence-corrected chi connectivity index (χ1v) is 8.44. The number of halogens is 1. The molecule has 7 heteroatoms. The number of amides is 3. The van der Waals surface area contributed by atoms with Crippen molar-refractivity contribution in [2.75, 3.05) is 24.5 Å². The fourth-order valence-electron chi connectivity index (χ4n) is 3.60. The van der Waals surface area contributed by atoms with Crippen LogP contribution in [0.1, 0.15) is 34.9 Å². The first-order valence-electron chi connectivity index (χ1n) is 8.44. The van der Waals surface area contributed by atoms with Crippen LogP contribution in [0.2, 0.25) is 0 Å². The van der Waals surface area contributed by atoms with Crippen molar-refractivity contribution in [2.45, 2.75) is 18.9 Å². The highest BCUT2D eigenvalue weighted by Gasteiger charge is 2.33. The van der Waals surface area contributed by atoms with E-state index < -0.39 is 5.82 Å². The molecule has 0 spiro atoms. The number of hydrogen-bond acceptors (Lipinski definition) is 2. The van der Waals surface area contributed by atoms with Crippen LogP contribution < -0.4 is 10.2 Å². The minimum absolute atomic E-state index is 0.00987. The van der Waals surface area contributed by atoms with Crippen molar-refractivity contribution < 1.29 is 14.0 Å². The maximum Gasteiger partial charge on any atom is 0.321 e. The molecule has 0 radical (unpaired) electrons. The van der Waals surface area contributed by atoms with Crippen LogP contribution in [0.4, 0.5) is 14.9 Å². The van der Waals surface area contributed by atoms with Gasteiger partial charge in [-0.25, -0.2) is 9.18 Å². The van der Waals surface area contributed by atoms with Gasteiger partial charge >= 0.3 is 6.03 Å². The van der Waals surface area contributed by atoms with Crippen LogP contribution in [0.15, 0.2) is 36.5 Å². The lowest BCUT2D eigenvalue weighted by Crippen LogP contribution is -2.32. The van der Waals surface area contributed by atoms with Crippen LogP contribution in [0.3, 0.4) is 0 Å². The summed E-state index contributed by atoms with van der Waals surface area (Å²) >= 11 is 0. The van der Waals surface area contributed by atoms with Gasteiger partial charge in [0.05, 0.1) is 11.6 Å². The summed E-state index contributed by atoms with van der Waals surface area (Å²) in [5.41, 5.74) is 1.51. The van der Waals surface area contributed by atoms with Crippen molar-refractivity contribution >= 4 is 17.6 Å². The third-order valence-corrected chi connectivity index (χ3v) is 4.84. The Balaban J connectivity index is 1.64. The number of hydrogen-bond donors (Lipinski definition) is 2. The van der Waals surface area contributed by atoms with E-state index >= 15 is 0 Å². The van der Waals surface area contributed by atoms with E-state index in [2.05, 4.69) is 10.3 Å². The smallest absolute Gasteiger partial charge is 0.321 e. The van der Waals surface area contributed by atoms with E-state index in [0.29, 0.717) is 25.3 Å². The van der Waals surface area contributed by atoms with Crippen molar-refractivity contribution in [3.8, 4) is 0 Å². The fourth-order valence-corrected chi connectivity index (χ4v) is 3.60. The normalized spacial score (nSPS) is 20.2. The van der Waals surface area contributed by atoms with Crippen molar-refractivity contribution in [1.82, 2.24) is 15.2 Å². The van der Waals surface area contributed by atoms with Gasteiger partial charge < -0.3 is 15.2 Å². The standard InChI is InChI=1S/C18H19FN4O2/c19-14-6-5-12(22-10-8-21-18(22)25)11-13(14)17(24)23-9-2-4-16(23)15-3-1-7-20-15/h1,3,5-7,11,16,20H,2,4,8-10H2,(H,21,25). The number of nitrogens with one attached hydrogen (secondary N) is 2. The van der Waals surface area contributed by atoms with Crippen molar-refractivity contribution in [3.05, 3.63) is 53.6 Å². The van der Waals surface area contributed by atoms with Crippen LogP contribution in [-0.4, -0.2) is 41.5 Å². The number of benzene rings is 1. The van der Waals surface area contributed by atoms with E-state index in [0.717, 1.165) is 18.5 Å². The topological polar surface area (TPSA) is 68.4 Å². The summed E-state index contributed by atoms with van der Waals surface area (Å²) in [5, 5.41) is 2.71. The van der Waals surface area contributed by atoms with Gasteiger partial charge in [0, 0.05) is 37.2 Å². The van der Waals surface area contributed by atoms with Crippen LogP contribution in [0.5, 0.6) is 0 Å². The number of rotatable bonds is 3. The number of carbonyl (C=O) groups excluding carboxylic acids is 2. The fraction of sp³-hybridized carbons (Fsp3) is 0.333. The van der Waals surface area contributed by atoms with Crippen molar-refractivity contribution in [2.24, 2.45) is 0 Å². The highest BCUT2D eigenvalue weighted by atomic mass is 19.1. The first-order chi connectivity index (χ1) is 12.1. The summed E-state index contributed by atoms with van der Waals surface area (Å²) in [5.74, 6) is -0.901. The van der Waals surface area contributed by atoms with Crippen molar-refractivity contribution in [1.29, 1.82) is 0 Å². The highest BCUT2D eigenvalue weighted by molar-refractivity contribution is 5.99. The number of carbonyl (C=O) groups is 2. The van der Waals surface area contributed by atoms with Gasteiger partial charge in [0.1, 0.15) is 5.82 Å². The van der Waals surface area contributed by atoms with Gasteiger partial charge in [-0.1, -0.05) is 0 Å². The molecule has 1 aromatic heterocycles. The second-order valence-corrected chi connectivity index (χ2v) is 6.33. The Kier molecular flexibility index (Phi) is 3.91. The Bertz CT molecular complexity index is 805. The molecule has 130 valence electrons. The summed E-state index contributed by atoms with van der Waals surface area (Å²) in [6.07, 6.45) is 3.55. The Morgan fingerprint density at radius 1 is 1.24 bits per heavy atom. The molecule has 2 aliphatic rings. The Labute approximate surface area is 144 Å². The van der Waals surface area contributed by atoms with Gasteiger partial charge in [-0.15, -0.1) is 0 Å². The largest absolute Gasteiger partial charge is 0.363 e. The third-order valence-electron chi connectivity index (χ3n) is 4.84. The lowest BCUT2D eigenvalue weighted by Gasteiger charge is -2.25. The molecule has 2 saturated heterocycles. The molecule has 3 heterocycles. The quantitative estimate of drug-likeness (QED) is 0.900. The van der Waals surface area contributed by atoms with E-state index in [1.165, 1.54) is 23.1 Å². The van der Waals surface area contributed by atoms with Crippen LogP contribution in [0, 0.1) is 5.82 Å². The molecule has 4 rings (SSSR count). The molecular weight excluding hydrogens is 323 g/mol. The molecule has 0 saturated carbocycles. The molecule has 2 fully saturated rings. The average Bonchev–Trinajstić information content (AvgIpc) is 3.35. The summed E-state index contributed by atoms with van der Waals surface area (Å²) < 4.78 is 14.4. The molecule has 25 heavy (non-hydrogen) atoms. The number of aromatic nitrogens is 1. The third kappa shape index (κ3) is 2.75. The Morgan fingerprint density at radius 3 is 2.84 bits per heavy atom. The number of urea groups is 1. The lowest BCUT2D eigenvalue weighted by molar-refractivity contribution is 0.0728. The highest BCUT2D eigenvalue weighted by Crippen LogP contribution is 2.33. The molecule has 0 aliphatic carbocycles. The van der Waals surface area contributed by atoms with Crippen molar-refractivity contribution in [3.63, 3.8) is 0 Å². The second-order valence-electron chi connectivity index (χ2n) is 6.33. The Morgan fingerprint density at radius 2 is 2.12 bits per heavy atom. The first kappa shape index (κ1) is 15.7. The van der Waals surface area contributed by atoms with E-state index in [4.69, 9.17) is 0 Å². The Hall–Kier alpha value is -2.83. The number of likely N-dealkylation sites (tertiary alicyclic amines) is 1. The lowest BCUT2D eigenvalue weighted by atomic mass is 10.1. The number of anilines is 1. The number of aromatic amines is 1. The van der Waals surface area contributed by atoms with E-state index in [-0.39, 0.29) is 23.5 Å². The second kappa shape index (κ2) is 6.23. The molecule has 2 aliphatic heterocycles. The van der Waals surface area contributed by atoms with E-state index in [1.807, 2.05) is 18.3 Å². The van der Waals surface area contributed by atoms with E-state index in [1.54, 1.807) is 4.90 Å². The SMILES string of the molecule is O=C1NCCN1c1ccc(F)c(C(=O)N2CCCC2c2ccc[nH]2)c1. The van der Waals surface area contributed by atoms with Crippen LogP contribution >= 0.6 is 0 Å². The molecule has 6 nitrogen and oxygen atoms in total. The van der Waals surface area contributed by atoms with E-state index in [9.17, 15) is 14.0 Å². The minimum Gasteiger partial charge on any atom is -0.363 e. The summed E-state index contributed by atoms with van der Waals surface area (Å²) in [6.45, 7) is 1.64. The molecule has 1 atom stereocenters. The van der Waals surface area contributed by atoms with Crippen LogP contribution in [-0.2, 0) is 0 Å². The predicted molar refractivity (Wildman–Crippen MR) is 90.9 cm³/mol. The molecule has 3 amide bonds. The molecule has 1 unspecified atom stereocenters. The van der Waals surface area contributed by atoms with Gasteiger partial charge in [-0.05, 0) is 43.2 Å². The number of H-pyrrole nitrogens is 1. The zero-order chi connectivity index (χ0) is 17.4. The monoisotopic (exact) mass is 342 g/mol. The molecule has 2 aromatic rings. The van der Waals surface area contributed by atoms with Gasteiger partial charge in [-0.3, -0.25) is 9.69 Å². The van der Waals surface area contributed by atoms with Crippen LogP contribution in [0.25, 0.3) is 0 Å². The minimum atomic E-state index is -0.564. The summed E-state index contributed by atoms with van der Waals surface area (Å²) in [6, 6.07) is 7.81. The van der Waals surface area contributed by atoms with Gasteiger partial charge in [0.2, 0.25) is 0 Å². The summed E-state index contributed by atoms with van der Waals surface area (Å²) in [7, 11) is 0. The van der Waals surface area contributed by atoms with Gasteiger partial charge in [0.15, 0.2) is 0 Å².